The lowest BCUT2D eigenvalue weighted by atomic mass is 9.87. The molecule has 0 aromatic heterocycles. The molecule has 0 bridgehead atoms. The minimum absolute atomic E-state index is 0.0106. The molecule has 0 radical (unpaired) electrons. The first-order chi connectivity index (χ1) is 19.2. The highest BCUT2D eigenvalue weighted by Gasteiger charge is 2.35. The van der Waals surface area contributed by atoms with Crippen LogP contribution in [0.15, 0.2) is 53.4 Å². The number of aliphatic hydroxyl groups is 2. The van der Waals surface area contributed by atoms with Crippen molar-refractivity contribution in [3.63, 3.8) is 0 Å². The van der Waals surface area contributed by atoms with Crippen molar-refractivity contribution in [1.29, 1.82) is 0 Å². The zero-order valence-corrected chi connectivity index (χ0v) is 25.4. The fourth-order valence-corrected chi connectivity index (χ4v) is 6.31. The lowest BCUT2D eigenvalue weighted by Crippen LogP contribution is -2.52. The zero-order chi connectivity index (χ0) is 30.3. The summed E-state index contributed by atoms with van der Waals surface area (Å²) in [5.74, 6) is 0.798. The van der Waals surface area contributed by atoms with Gasteiger partial charge in [0, 0.05) is 25.8 Å². The van der Waals surface area contributed by atoms with E-state index in [1.165, 1.54) is 16.4 Å². The number of benzene rings is 2. The second kappa shape index (κ2) is 13.9. The maximum atomic E-state index is 14.0. The summed E-state index contributed by atoms with van der Waals surface area (Å²) < 4.78 is 45.5. The van der Waals surface area contributed by atoms with E-state index in [0.717, 1.165) is 12.0 Å². The largest absolute Gasteiger partial charge is 0.454 e. The van der Waals surface area contributed by atoms with E-state index in [-0.39, 0.29) is 37.8 Å². The summed E-state index contributed by atoms with van der Waals surface area (Å²) >= 11 is 0. The number of nitrogens with one attached hydrogen (secondary N) is 1. The molecule has 3 rings (SSSR count). The number of hydrogen-bond donors (Lipinski definition) is 3. The van der Waals surface area contributed by atoms with E-state index < -0.39 is 39.3 Å². The van der Waals surface area contributed by atoms with E-state index in [1.54, 1.807) is 26.8 Å². The lowest BCUT2D eigenvalue weighted by molar-refractivity contribution is 0.0391. The Kier molecular flexibility index (Phi) is 11.0. The van der Waals surface area contributed by atoms with E-state index in [4.69, 9.17) is 14.2 Å². The van der Waals surface area contributed by atoms with Crippen LogP contribution in [0.5, 0.6) is 11.5 Å². The Morgan fingerprint density at radius 3 is 2.39 bits per heavy atom. The van der Waals surface area contributed by atoms with Crippen LogP contribution in [0.25, 0.3) is 0 Å². The van der Waals surface area contributed by atoms with E-state index in [9.17, 15) is 23.4 Å². The first-order valence-corrected chi connectivity index (χ1v) is 15.4. The third-order valence-electron chi connectivity index (χ3n) is 6.70. The highest BCUT2D eigenvalue weighted by atomic mass is 32.2. The van der Waals surface area contributed by atoms with Gasteiger partial charge < -0.3 is 29.7 Å². The summed E-state index contributed by atoms with van der Waals surface area (Å²) in [6, 6.07) is 12.9. The number of hydrogen-bond acceptors (Lipinski definition) is 8. The number of nitrogens with zero attached hydrogens (tertiary/aromatic N) is 1. The Morgan fingerprint density at radius 1 is 1.05 bits per heavy atom. The average Bonchev–Trinajstić information content (AvgIpc) is 3.35. The highest BCUT2D eigenvalue weighted by molar-refractivity contribution is 7.89. The Balaban J connectivity index is 1.92. The van der Waals surface area contributed by atoms with E-state index in [2.05, 4.69) is 5.32 Å². The SMILES string of the molecule is CC(C)(CCCCO)CN(C[C@H](O)[C@H](Cc1ccccc1)NC(=O)OC(C)(C)C)S(=O)(=O)c1ccc2c(c1)OCO2. The van der Waals surface area contributed by atoms with Gasteiger partial charge in [-0.1, -0.05) is 50.6 Å². The Morgan fingerprint density at radius 2 is 1.73 bits per heavy atom. The summed E-state index contributed by atoms with van der Waals surface area (Å²) in [6.07, 6.45) is 0.298. The van der Waals surface area contributed by atoms with Gasteiger partial charge in [-0.25, -0.2) is 13.2 Å². The Bertz CT molecular complexity index is 1240. The fraction of sp³-hybridized carbons (Fsp3) is 0.567. The summed E-state index contributed by atoms with van der Waals surface area (Å²) in [7, 11) is -4.10. The highest BCUT2D eigenvalue weighted by Crippen LogP contribution is 2.36. The van der Waals surface area contributed by atoms with E-state index in [1.807, 2.05) is 44.2 Å². The predicted octanol–water partition coefficient (Wildman–Crippen LogP) is 4.09. The molecule has 0 saturated heterocycles. The van der Waals surface area contributed by atoms with Crippen molar-refractivity contribution in [1.82, 2.24) is 9.62 Å². The summed E-state index contributed by atoms with van der Waals surface area (Å²) in [5, 5.41) is 23.5. The smallest absolute Gasteiger partial charge is 0.407 e. The number of carbonyl (C=O) groups is 1. The van der Waals surface area contributed by atoms with Gasteiger partial charge in [0.15, 0.2) is 11.5 Å². The molecule has 0 aliphatic carbocycles. The van der Waals surface area contributed by atoms with Gasteiger partial charge in [0.1, 0.15) is 5.60 Å². The van der Waals surface area contributed by atoms with Gasteiger partial charge in [-0.15, -0.1) is 0 Å². The minimum Gasteiger partial charge on any atom is -0.454 e. The number of ether oxygens (including phenoxy) is 3. The maximum absolute atomic E-state index is 14.0. The average molecular weight is 593 g/mol. The van der Waals surface area contributed by atoms with Gasteiger partial charge in [-0.3, -0.25) is 0 Å². The molecule has 10 nitrogen and oxygen atoms in total. The van der Waals surface area contributed by atoms with Crippen LogP contribution >= 0.6 is 0 Å². The Hall–Kier alpha value is -2.86. The second-order valence-electron chi connectivity index (χ2n) is 12.2. The quantitative estimate of drug-likeness (QED) is 0.279. The molecule has 228 valence electrons. The maximum Gasteiger partial charge on any atom is 0.407 e. The van der Waals surface area contributed by atoms with Crippen molar-refractivity contribution < 1.29 is 37.6 Å². The second-order valence-corrected chi connectivity index (χ2v) is 14.1. The molecule has 2 aromatic rings. The van der Waals surface area contributed by atoms with Crippen LogP contribution in [0.2, 0.25) is 0 Å². The van der Waals surface area contributed by atoms with E-state index >= 15 is 0 Å². The molecule has 41 heavy (non-hydrogen) atoms. The van der Waals surface area contributed by atoms with Crippen molar-refractivity contribution in [2.75, 3.05) is 26.5 Å². The molecule has 11 heteroatoms. The van der Waals surface area contributed by atoms with Gasteiger partial charge in [0.05, 0.1) is 17.0 Å². The van der Waals surface area contributed by atoms with E-state index in [0.29, 0.717) is 24.3 Å². The van der Waals surface area contributed by atoms with Crippen molar-refractivity contribution in [2.24, 2.45) is 5.41 Å². The molecule has 3 N–H and O–H groups in total. The number of alkyl carbamates (subject to hydrolysis) is 1. The molecule has 1 aliphatic heterocycles. The summed E-state index contributed by atoms with van der Waals surface area (Å²) in [4.78, 5) is 12.7. The van der Waals surface area contributed by atoms with Gasteiger partial charge >= 0.3 is 6.09 Å². The van der Waals surface area contributed by atoms with Crippen molar-refractivity contribution in [3.8, 4) is 11.5 Å². The monoisotopic (exact) mass is 592 g/mol. The van der Waals surface area contributed by atoms with Crippen molar-refractivity contribution in [3.05, 3.63) is 54.1 Å². The molecule has 1 amide bonds. The van der Waals surface area contributed by atoms with Gasteiger partial charge in [-0.05, 0) is 63.1 Å². The number of unbranched alkanes of at least 4 members (excludes halogenated alkanes) is 1. The molecule has 1 aliphatic rings. The van der Waals surface area contributed by atoms with Crippen LogP contribution < -0.4 is 14.8 Å². The molecule has 2 aromatic carbocycles. The third kappa shape index (κ3) is 9.88. The number of fused-ring (bicyclic) bond motifs is 1. The fourth-order valence-electron chi connectivity index (χ4n) is 4.65. The predicted molar refractivity (Wildman–Crippen MR) is 155 cm³/mol. The van der Waals surface area contributed by atoms with Gasteiger partial charge in [-0.2, -0.15) is 4.31 Å². The molecule has 0 unspecified atom stereocenters. The number of amides is 1. The van der Waals surface area contributed by atoms with Crippen LogP contribution in [0.3, 0.4) is 0 Å². The van der Waals surface area contributed by atoms with Gasteiger partial charge in [0.2, 0.25) is 16.8 Å². The standard InChI is InChI=1S/C30H44N2O8S/c1-29(2,3)40-28(35)31-24(17-22-11-7-6-8-12-22)25(34)19-32(20-30(4,5)15-9-10-16-33)41(36,37)23-13-14-26-27(18-23)39-21-38-26/h6-8,11-14,18,24-25,33-34H,9-10,15-17,19-21H2,1-5H3,(H,31,35)/t24-,25-/m0/s1. The minimum atomic E-state index is -4.10. The summed E-state index contributed by atoms with van der Waals surface area (Å²) in [6.45, 7) is 9.06. The first kappa shape index (κ1) is 32.7. The van der Waals surface area contributed by atoms with Gasteiger partial charge in [0.25, 0.3) is 0 Å². The number of aliphatic hydroxyl groups excluding tert-OH is 2. The van der Waals surface area contributed by atoms with Crippen LogP contribution in [0, 0.1) is 5.41 Å². The van der Waals surface area contributed by atoms with Crippen LogP contribution in [0.4, 0.5) is 4.79 Å². The molecule has 0 spiro atoms. The topological polar surface area (TPSA) is 135 Å². The summed E-state index contributed by atoms with van der Waals surface area (Å²) in [5.41, 5.74) is -0.354. The lowest BCUT2D eigenvalue weighted by Gasteiger charge is -2.35. The third-order valence-corrected chi connectivity index (χ3v) is 8.51. The zero-order valence-electron chi connectivity index (χ0n) is 24.6. The molecule has 0 fully saturated rings. The van der Waals surface area contributed by atoms with Crippen LogP contribution in [-0.4, -0.2) is 73.3 Å². The number of rotatable bonds is 14. The van der Waals surface area contributed by atoms with Crippen molar-refractivity contribution in [2.45, 2.75) is 82.9 Å². The first-order valence-electron chi connectivity index (χ1n) is 13.9. The number of sulfonamides is 1. The van der Waals surface area contributed by atoms with Crippen LogP contribution in [0.1, 0.15) is 59.4 Å². The molecular weight excluding hydrogens is 548 g/mol. The molecular formula is C30H44N2O8S. The molecule has 2 atom stereocenters. The van der Waals surface area contributed by atoms with Crippen LogP contribution in [-0.2, 0) is 21.2 Å². The van der Waals surface area contributed by atoms with Crippen molar-refractivity contribution >= 4 is 16.1 Å². The number of carbonyl (C=O) groups excluding carboxylic acids is 1. The Labute approximate surface area is 243 Å². The molecule has 0 saturated carbocycles. The normalized spacial score (nSPS) is 15.0. The molecule has 1 heterocycles.